The number of carbonyl (C=O) groups is 5. The van der Waals surface area contributed by atoms with E-state index in [2.05, 4.69) is 81.4 Å². The highest BCUT2D eigenvalue weighted by Gasteiger charge is 2.46. The number of fused-ring (bicyclic) bond motifs is 6. The summed E-state index contributed by atoms with van der Waals surface area (Å²) >= 11 is 0. The van der Waals surface area contributed by atoms with Crippen LogP contribution in [-0.4, -0.2) is 132 Å². The molecule has 4 aromatic carbocycles. The Balaban J connectivity index is 1.27. The number of amides is 4. The standard InChI is InChI=1S/C60H66N8O12S2/c1-8-26-67-50(59(4,5)44-34-42(38-17-11-13-19-40(38)53(44)67)37-32-48(57(73)63-24-23-52(69)70)66-49(33-37)58(74)64-25-29-82(78,79)80)21-15-22-51-60(6,7)45-35-43(36-30-46(55(71)61-9-2)65-47(31-36)56(72)62-10-3)39-18-12-14-20-41(39)54(45)68(51)27-16-28-81(75,76)77/h11-15,17-22,30-35H,8-10,16,23-29H2,1-7H3,(H6-,61,62,63,64,69,70,71,72,73,74,75,76,77,78,79,80). The molecule has 0 atom stereocenters. The minimum Gasteiger partial charge on any atom is -0.748 e. The first-order valence-electron chi connectivity index (χ1n) is 27.0. The normalized spacial score (nSPS) is 15.0. The van der Waals surface area contributed by atoms with E-state index in [9.17, 15) is 55.0 Å². The van der Waals surface area contributed by atoms with Crippen molar-refractivity contribution >= 4 is 88.5 Å². The number of nitrogens with one attached hydrogen (secondary N) is 4. The predicted molar refractivity (Wildman–Crippen MR) is 314 cm³/mol. The number of nitrogens with zero attached hydrogens (tertiary/aromatic N) is 4. The van der Waals surface area contributed by atoms with Gasteiger partial charge in [0.25, 0.3) is 33.7 Å². The average Bonchev–Trinajstić information content (AvgIpc) is 2.78. The van der Waals surface area contributed by atoms with E-state index in [0.717, 1.165) is 67.4 Å². The number of pyridine rings is 2. The smallest absolute Gasteiger partial charge is 0.305 e. The van der Waals surface area contributed by atoms with Crippen molar-refractivity contribution in [3.05, 3.63) is 143 Å². The number of anilines is 1. The fourth-order valence-corrected chi connectivity index (χ4v) is 11.8. The number of carboxylic acids is 1. The largest absolute Gasteiger partial charge is 0.748 e. The van der Waals surface area contributed by atoms with Gasteiger partial charge in [-0.3, -0.25) is 28.5 Å². The van der Waals surface area contributed by atoms with E-state index in [1.54, 1.807) is 26.0 Å². The number of carbonyl (C=O) groups excluding carboxylic acids is 4. The molecule has 2 aliphatic rings. The quantitative estimate of drug-likeness (QED) is 0.0285. The molecule has 0 fully saturated rings. The molecule has 0 aliphatic carbocycles. The number of aromatic nitrogens is 2. The van der Waals surface area contributed by atoms with Gasteiger partial charge in [0.1, 0.15) is 29.3 Å². The Morgan fingerprint density at radius 3 is 1.65 bits per heavy atom. The van der Waals surface area contributed by atoms with E-state index < -0.39 is 78.7 Å². The van der Waals surface area contributed by atoms with Gasteiger partial charge >= 0.3 is 5.97 Å². The monoisotopic (exact) mass is 1150 g/mol. The summed E-state index contributed by atoms with van der Waals surface area (Å²) in [7, 11) is -8.99. The lowest BCUT2D eigenvalue weighted by Crippen LogP contribution is -2.31. The second-order valence-electron chi connectivity index (χ2n) is 21.1. The Morgan fingerprint density at radius 1 is 0.659 bits per heavy atom. The molecule has 0 unspecified atom stereocenters. The third-order valence-corrected chi connectivity index (χ3v) is 16.2. The Morgan fingerprint density at radius 2 is 1.15 bits per heavy atom. The second kappa shape index (κ2) is 24.1. The van der Waals surface area contributed by atoms with Crippen molar-refractivity contribution in [2.75, 3.05) is 55.7 Å². The number of aliphatic carboxylic acids is 1. The van der Waals surface area contributed by atoms with E-state index in [1.807, 2.05) is 72.8 Å². The number of hydrogen-bond donors (Lipinski definition) is 6. The maximum absolute atomic E-state index is 13.6. The molecule has 0 spiro atoms. The summed E-state index contributed by atoms with van der Waals surface area (Å²) in [6.07, 6.45) is 6.46. The Kier molecular flexibility index (Phi) is 17.6. The van der Waals surface area contributed by atoms with Crippen LogP contribution in [0, 0.1) is 0 Å². The summed E-state index contributed by atoms with van der Waals surface area (Å²) in [5.41, 5.74) is 5.94. The first-order chi connectivity index (χ1) is 38.8. The van der Waals surface area contributed by atoms with Gasteiger partial charge in [-0.2, -0.15) is 13.0 Å². The van der Waals surface area contributed by atoms with E-state index in [0.29, 0.717) is 36.3 Å². The SMILES string of the molecule is CCCN1/C(=C/C=C/C2=[N+](CCCS(=O)(=O)[O-])c3c(cc(-c4cc(C(=O)NCC)nc(C(=O)NCC)c4)c4ccccc34)C2(C)C)C(C)(C)c2cc(-c3cc(C(=O)NCCC(=O)O)nc(C(=O)NCCS(=O)(=O)O)c3)c3ccccc3c21. The summed E-state index contributed by atoms with van der Waals surface area (Å²) in [6, 6.07) is 25.9. The van der Waals surface area contributed by atoms with E-state index in [4.69, 9.17) is 0 Å². The third-order valence-electron chi connectivity index (χ3n) is 14.7. The van der Waals surface area contributed by atoms with Crippen molar-refractivity contribution in [3.8, 4) is 22.3 Å². The molecule has 8 rings (SSSR count). The molecular weight excluding hydrogens is 1090 g/mol. The molecule has 0 saturated heterocycles. The minimum absolute atomic E-state index is 0.0304. The molecule has 22 heteroatoms. The van der Waals surface area contributed by atoms with Gasteiger partial charge < -0.3 is 35.8 Å². The fourth-order valence-electron chi connectivity index (χ4n) is 10.9. The molecular formula is C60H66N8O12S2. The molecule has 0 radical (unpaired) electrons. The van der Waals surface area contributed by atoms with Crippen LogP contribution in [0.1, 0.15) is 121 Å². The van der Waals surface area contributed by atoms with Gasteiger partial charge in [0, 0.05) is 73.0 Å². The Hall–Kier alpha value is -8.18. The number of carboxylic acid groups (broad SMARTS) is 1. The Bertz CT molecular complexity index is 3890. The number of benzene rings is 4. The molecule has 430 valence electrons. The minimum atomic E-state index is -4.57. The van der Waals surface area contributed by atoms with Crippen molar-refractivity contribution < 1.29 is 59.6 Å². The molecule has 2 aromatic heterocycles. The fraction of sp³-hybridized carbons (Fsp3) is 0.333. The summed E-state index contributed by atoms with van der Waals surface area (Å²) in [6.45, 7) is 14.8. The van der Waals surface area contributed by atoms with Crippen LogP contribution in [0.4, 0.5) is 11.4 Å². The Labute approximate surface area is 476 Å². The van der Waals surface area contributed by atoms with Gasteiger partial charge in [-0.25, -0.2) is 18.4 Å². The maximum Gasteiger partial charge on any atom is 0.305 e. The highest BCUT2D eigenvalue weighted by atomic mass is 32.2. The molecule has 4 amide bonds. The number of rotatable bonds is 22. The molecule has 82 heavy (non-hydrogen) atoms. The molecule has 0 saturated carbocycles. The second-order valence-corrected chi connectivity index (χ2v) is 24.2. The molecule has 0 bridgehead atoms. The van der Waals surface area contributed by atoms with Crippen LogP contribution in [0.15, 0.2) is 109 Å². The van der Waals surface area contributed by atoms with E-state index in [1.165, 1.54) is 12.1 Å². The van der Waals surface area contributed by atoms with E-state index in [-0.39, 0.29) is 48.7 Å². The van der Waals surface area contributed by atoms with Gasteiger partial charge in [0.05, 0.1) is 38.8 Å². The molecule has 6 aromatic rings. The predicted octanol–water partition coefficient (Wildman–Crippen LogP) is 7.40. The number of allylic oxidation sites excluding steroid dienone is 4. The van der Waals surface area contributed by atoms with E-state index >= 15 is 0 Å². The van der Waals surface area contributed by atoms with Crippen molar-refractivity contribution in [2.24, 2.45) is 0 Å². The first kappa shape index (κ1) is 59.9. The third kappa shape index (κ3) is 12.6. The topological polar surface area (TPSA) is 297 Å². The summed E-state index contributed by atoms with van der Waals surface area (Å²) < 4.78 is 70.7. The molecule has 2 aliphatic heterocycles. The van der Waals surface area contributed by atoms with Crippen molar-refractivity contribution in [1.82, 2.24) is 31.2 Å². The van der Waals surface area contributed by atoms with Gasteiger partial charge in [0.2, 0.25) is 5.69 Å². The average molecular weight is 1160 g/mol. The van der Waals surface area contributed by atoms with Gasteiger partial charge in [-0.1, -0.05) is 69.3 Å². The summed E-state index contributed by atoms with van der Waals surface area (Å²) in [5, 5.41) is 23.1. The number of hydrogen-bond acceptors (Lipinski definition) is 13. The molecule has 4 heterocycles. The van der Waals surface area contributed by atoms with Gasteiger partial charge in [-0.05, 0) is 121 Å². The van der Waals surface area contributed by atoms with Crippen molar-refractivity contribution in [3.63, 3.8) is 0 Å². The van der Waals surface area contributed by atoms with Crippen molar-refractivity contribution in [1.29, 1.82) is 0 Å². The van der Waals surface area contributed by atoms with Crippen LogP contribution in [0.3, 0.4) is 0 Å². The first-order valence-corrected chi connectivity index (χ1v) is 30.2. The summed E-state index contributed by atoms with van der Waals surface area (Å²) in [4.78, 5) is 76.2. The van der Waals surface area contributed by atoms with Gasteiger partial charge in [0.15, 0.2) is 5.71 Å². The van der Waals surface area contributed by atoms with Crippen LogP contribution in [0.2, 0.25) is 0 Å². The molecule has 20 nitrogen and oxygen atoms in total. The zero-order valence-electron chi connectivity index (χ0n) is 46.7. The maximum atomic E-state index is 13.6. The summed E-state index contributed by atoms with van der Waals surface area (Å²) in [5.74, 6) is -4.92. The van der Waals surface area contributed by atoms with Crippen LogP contribution < -0.4 is 26.2 Å². The lowest BCUT2D eigenvalue weighted by molar-refractivity contribution is -0.435. The zero-order valence-corrected chi connectivity index (χ0v) is 48.3. The lowest BCUT2D eigenvalue weighted by Gasteiger charge is -2.27. The highest BCUT2D eigenvalue weighted by Crippen LogP contribution is 2.53. The van der Waals surface area contributed by atoms with Crippen LogP contribution in [0.25, 0.3) is 43.8 Å². The molecule has 6 N–H and O–H groups in total. The van der Waals surface area contributed by atoms with Crippen LogP contribution in [-0.2, 0) is 35.9 Å². The van der Waals surface area contributed by atoms with Crippen LogP contribution >= 0.6 is 0 Å². The van der Waals surface area contributed by atoms with Crippen molar-refractivity contribution in [2.45, 2.75) is 78.6 Å². The van der Waals surface area contributed by atoms with Gasteiger partial charge in [-0.15, -0.1) is 0 Å². The highest BCUT2D eigenvalue weighted by molar-refractivity contribution is 7.86. The zero-order chi connectivity index (χ0) is 59.5. The van der Waals surface area contributed by atoms with Crippen LogP contribution in [0.5, 0.6) is 0 Å². The lowest BCUT2D eigenvalue weighted by atomic mass is 9.79.